The molecule has 4 nitrogen and oxygen atoms in total. The van der Waals surface area contributed by atoms with E-state index in [0.29, 0.717) is 22.2 Å². The second-order valence-electron chi connectivity index (χ2n) is 4.74. The Kier molecular flexibility index (Phi) is 4.41. The lowest BCUT2D eigenvalue weighted by molar-refractivity contribution is -0.134. The lowest BCUT2D eigenvalue weighted by Crippen LogP contribution is -2.09. The van der Waals surface area contributed by atoms with Gasteiger partial charge in [0.1, 0.15) is 0 Å². The summed E-state index contributed by atoms with van der Waals surface area (Å²) in [6.45, 7) is 0.230. The summed E-state index contributed by atoms with van der Waals surface area (Å²) in [6.07, 6.45) is 0.760. The van der Waals surface area contributed by atoms with E-state index in [1.807, 2.05) is 18.2 Å². The minimum absolute atomic E-state index is 0.225. The van der Waals surface area contributed by atoms with Crippen LogP contribution in [0.4, 0.5) is 0 Å². The molecular weight excluding hydrogens is 327 g/mol. The van der Waals surface area contributed by atoms with Gasteiger partial charge < -0.3 is 14.2 Å². The van der Waals surface area contributed by atoms with Crippen molar-refractivity contribution in [2.75, 3.05) is 6.79 Å². The van der Waals surface area contributed by atoms with Crippen molar-refractivity contribution in [3.8, 4) is 17.2 Å². The number of esters is 1. The molecule has 0 radical (unpaired) electrons. The number of ether oxygens (including phenoxy) is 3. The maximum absolute atomic E-state index is 11.9. The van der Waals surface area contributed by atoms with E-state index < -0.39 is 0 Å². The van der Waals surface area contributed by atoms with Crippen LogP contribution in [0.3, 0.4) is 0 Å². The summed E-state index contributed by atoms with van der Waals surface area (Å²) in [6, 6.07) is 10.3. The summed E-state index contributed by atoms with van der Waals surface area (Å²) >= 11 is 11.8. The molecule has 0 aromatic heterocycles. The smallest absolute Gasteiger partial charge is 0.311 e. The zero-order valence-electron chi connectivity index (χ0n) is 11.5. The Morgan fingerprint density at radius 2 is 1.91 bits per heavy atom. The summed E-state index contributed by atoms with van der Waals surface area (Å²) in [5.74, 6) is 1.31. The Labute approximate surface area is 137 Å². The van der Waals surface area contributed by atoms with Crippen LogP contribution in [0.2, 0.25) is 10.0 Å². The minimum atomic E-state index is -0.373. The third kappa shape index (κ3) is 3.46. The van der Waals surface area contributed by atoms with E-state index in [1.165, 1.54) is 6.07 Å². The number of halogens is 2. The van der Waals surface area contributed by atoms with E-state index in [0.717, 1.165) is 11.3 Å². The van der Waals surface area contributed by atoms with Crippen molar-refractivity contribution < 1.29 is 19.0 Å². The fraction of sp³-hybridized carbons (Fsp3) is 0.188. The molecule has 0 spiro atoms. The van der Waals surface area contributed by atoms with Gasteiger partial charge in [-0.3, -0.25) is 4.79 Å². The zero-order chi connectivity index (χ0) is 15.5. The van der Waals surface area contributed by atoms with Crippen molar-refractivity contribution in [1.29, 1.82) is 0 Å². The highest BCUT2D eigenvalue weighted by Gasteiger charge is 2.14. The van der Waals surface area contributed by atoms with Crippen LogP contribution in [0.25, 0.3) is 0 Å². The predicted octanol–water partition coefficient (Wildman–Crippen LogP) is 4.26. The van der Waals surface area contributed by atoms with Gasteiger partial charge >= 0.3 is 5.97 Å². The van der Waals surface area contributed by atoms with Gasteiger partial charge in [-0.05, 0) is 36.2 Å². The first kappa shape index (κ1) is 15.0. The molecule has 1 aliphatic heterocycles. The van der Waals surface area contributed by atoms with Crippen molar-refractivity contribution in [3.63, 3.8) is 0 Å². The van der Waals surface area contributed by atoms with Crippen molar-refractivity contribution >= 4 is 29.2 Å². The van der Waals surface area contributed by atoms with E-state index in [9.17, 15) is 4.79 Å². The van der Waals surface area contributed by atoms with E-state index in [1.54, 1.807) is 12.1 Å². The van der Waals surface area contributed by atoms with Crippen LogP contribution >= 0.6 is 23.2 Å². The molecular formula is C16H12Cl2O4. The van der Waals surface area contributed by atoms with Gasteiger partial charge in [0.15, 0.2) is 17.2 Å². The molecule has 6 heteroatoms. The molecule has 0 saturated carbocycles. The van der Waals surface area contributed by atoms with Crippen molar-refractivity contribution in [1.82, 2.24) is 0 Å². The standard InChI is InChI=1S/C16H12Cl2O4/c17-11-3-4-12(18)14(8-11)22-16(19)6-2-10-1-5-13-15(7-10)21-9-20-13/h1,3-5,7-8H,2,6,9H2. The number of aryl methyl sites for hydroxylation is 1. The molecule has 114 valence electrons. The first-order chi connectivity index (χ1) is 10.6. The van der Waals surface area contributed by atoms with Gasteiger partial charge in [0.05, 0.1) is 5.02 Å². The lowest BCUT2D eigenvalue weighted by atomic mass is 10.1. The first-order valence-electron chi connectivity index (χ1n) is 6.66. The Bertz CT molecular complexity index is 715. The van der Waals surface area contributed by atoms with Gasteiger partial charge in [-0.1, -0.05) is 29.3 Å². The van der Waals surface area contributed by atoms with Crippen LogP contribution in [0.15, 0.2) is 36.4 Å². The van der Waals surface area contributed by atoms with Crippen LogP contribution in [-0.2, 0) is 11.2 Å². The van der Waals surface area contributed by atoms with Gasteiger partial charge in [-0.2, -0.15) is 0 Å². The molecule has 0 atom stereocenters. The second-order valence-corrected chi connectivity index (χ2v) is 5.58. The monoisotopic (exact) mass is 338 g/mol. The summed E-state index contributed by atoms with van der Waals surface area (Å²) in [4.78, 5) is 11.9. The highest BCUT2D eigenvalue weighted by Crippen LogP contribution is 2.33. The Balaban J connectivity index is 1.59. The third-order valence-corrected chi connectivity index (χ3v) is 3.72. The molecule has 1 aliphatic rings. The van der Waals surface area contributed by atoms with Crippen molar-refractivity contribution in [2.45, 2.75) is 12.8 Å². The number of hydrogen-bond donors (Lipinski definition) is 0. The molecule has 1 heterocycles. The quantitative estimate of drug-likeness (QED) is 0.617. The lowest BCUT2D eigenvalue weighted by Gasteiger charge is -2.07. The molecule has 0 amide bonds. The topological polar surface area (TPSA) is 44.8 Å². The highest BCUT2D eigenvalue weighted by molar-refractivity contribution is 6.34. The average Bonchev–Trinajstić information content (AvgIpc) is 2.96. The van der Waals surface area contributed by atoms with Gasteiger partial charge in [0.25, 0.3) is 0 Å². The zero-order valence-corrected chi connectivity index (χ0v) is 13.0. The van der Waals surface area contributed by atoms with Gasteiger partial charge in [-0.25, -0.2) is 0 Å². The first-order valence-corrected chi connectivity index (χ1v) is 7.42. The van der Waals surface area contributed by atoms with Crippen molar-refractivity contribution in [3.05, 3.63) is 52.0 Å². The number of benzene rings is 2. The normalized spacial score (nSPS) is 12.3. The van der Waals surface area contributed by atoms with Gasteiger partial charge in [-0.15, -0.1) is 0 Å². The molecule has 0 bridgehead atoms. The summed E-state index contributed by atoms with van der Waals surface area (Å²) in [5, 5.41) is 0.809. The van der Waals surface area contributed by atoms with Crippen LogP contribution in [0.1, 0.15) is 12.0 Å². The number of hydrogen-bond acceptors (Lipinski definition) is 4. The Morgan fingerprint density at radius 1 is 1.09 bits per heavy atom. The van der Waals surface area contributed by atoms with Crippen LogP contribution in [0.5, 0.6) is 17.2 Å². The SMILES string of the molecule is O=C(CCc1ccc2c(c1)OCO2)Oc1cc(Cl)ccc1Cl. The van der Waals surface area contributed by atoms with E-state index in [-0.39, 0.29) is 24.9 Å². The summed E-state index contributed by atoms with van der Waals surface area (Å²) < 4.78 is 15.8. The maximum Gasteiger partial charge on any atom is 0.311 e. The van der Waals surface area contributed by atoms with Crippen LogP contribution in [0, 0.1) is 0 Å². The van der Waals surface area contributed by atoms with Crippen molar-refractivity contribution in [2.24, 2.45) is 0 Å². The molecule has 22 heavy (non-hydrogen) atoms. The molecule has 0 fully saturated rings. The molecule has 0 N–H and O–H groups in total. The largest absolute Gasteiger partial charge is 0.454 e. The van der Waals surface area contributed by atoms with Gasteiger partial charge in [0.2, 0.25) is 6.79 Å². The molecule has 2 aromatic carbocycles. The molecule has 2 aromatic rings. The molecule has 3 rings (SSSR count). The molecule has 0 saturated heterocycles. The van der Waals surface area contributed by atoms with E-state index in [4.69, 9.17) is 37.4 Å². The van der Waals surface area contributed by atoms with Gasteiger partial charge in [0, 0.05) is 17.5 Å². The number of fused-ring (bicyclic) bond motifs is 1. The predicted molar refractivity (Wildman–Crippen MR) is 83.0 cm³/mol. The van der Waals surface area contributed by atoms with E-state index in [2.05, 4.69) is 0 Å². The third-order valence-electron chi connectivity index (χ3n) is 3.17. The Hall–Kier alpha value is -1.91. The number of carbonyl (C=O) groups is 1. The average molecular weight is 339 g/mol. The summed E-state index contributed by atoms with van der Waals surface area (Å²) in [7, 11) is 0. The Morgan fingerprint density at radius 3 is 2.77 bits per heavy atom. The maximum atomic E-state index is 11.9. The number of carbonyl (C=O) groups excluding carboxylic acids is 1. The number of rotatable bonds is 4. The minimum Gasteiger partial charge on any atom is -0.454 e. The second kappa shape index (κ2) is 6.46. The van der Waals surface area contributed by atoms with Crippen LogP contribution in [-0.4, -0.2) is 12.8 Å². The summed E-state index contributed by atoms with van der Waals surface area (Å²) in [5.41, 5.74) is 0.971. The molecule has 0 aliphatic carbocycles. The fourth-order valence-corrected chi connectivity index (χ4v) is 2.39. The fourth-order valence-electron chi connectivity index (χ4n) is 2.07. The highest BCUT2D eigenvalue weighted by atomic mass is 35.5. The van der Waals surface area contributed by atoms with E-state index >= 15 is 0 Å². The van der Waals surface area contributed by atoms with Crippen LogP contribution < -0.4 is 14.2 Å². The molecule has 0 unspecified atom stereocenters.